The van der Waals surface area contributed by atoms with Gasteiger partial charge in [0.05, 0.1) is 4.90 Å². The Kier molecular flexibility index (Phi) is 4.41. The van der Waals surface area contributed by atoms with Gasteiger partial charge in [0, 0.05) is 5.69 Å². The van der Waals surface area contributed by atoms with E-state index < -0.39 is 10.1 Å². The van der Waals surface area contributed by atoms with Crippen molar-refractivity contribution in [1.82, 2.24) is 0 Å². The van der Waals surface area contributed by atoms with Crippen LogP contribution >= 0.6 is 0 Å². The molecule has 0 spiro atoms. The van der Waals surface area contributed by atoms with Crippen LogP contribution in [0.5, 0.6) is 0 Å². The Hall–Kier alpha value is -0.0700. The number of hydrogen-bond donors (Lipinski definition) is 1. The molecule has 1 aromatic rings. The predicted octanol–water partition coefficient (Wildman–Crippen LogP) is -2.51. The third-order valence-electron chi connectivity index (χ3n) is 1.43. The molecular formula is C7H8NNaO3S. The summed E-state index contributed by atoms with van der Waals surface area (Å²) in [5, 5.41) is 0. The Morgan fingerprint density at radius 3 is 2.31 bits per heavy atom. The van der Waals surface area contributed by atoms with Gasteiger partial charge in [0.1, 0.15) is 10.1 Å². The van der Waals surface area contributed by atoms with Gasteiger partial charge in [-0.1, -0.05) is 6.07 Å². The van der Waals surface area contributed by atoms with E-state index in [4.69, 9.17) is 5.73 Å². The van der Waals surface area contributed by atoms with Crippen LogP contribution in [0.2, 0.25) is 0 Å². The summed E-state index contributed by atoms with van der Waals surface area (Å²) in [5.41, 5.74) is 6.15. The number of nitrogens with two attached hydrogens (primary N) is 1. The molecule has 0 fully saturated rings. The van der Waals surface area contributed by atoms with Crippen LogP contribution in [0.15, 0.2) is 23.1 Å². The summed E-state index contributed by atoms with van der Waals surface area (Å²) in [6.45, 7) is 1.76. The Balaban J connectivity index is 0.00000144. The van der Waals surface area contributed by atoms with Gasteiger partial charge in [0.15, 0.2) is 0 Å². The van der Waals surface area contributed by atoms with Crippen molar-refractivity contribution in [2.45, 2.75) is 11.8 Å². The standard InChI is InChI=1S/C7H9NO3S.Na/c1-5-2-3-7(6(8)4-5)12(9,10)11;/h2-4H,8H2,1H3,(H,9,10,11);/q;+1/p-1. The average Bonchev–Trinajstić information content (AvgIpc) is 1.83. The predicted molar refractivity (Wildman–Crippen MR) is 43.6 cm³/mol. The molecule has 2 N–H and O–H groups in total. The zero-order valence-corrected chi connectivity index (χ0v) is 10.3. The molecule has 4 nitrogen and oxygen atoms in total. The largest absolute Gasteiger partial charge is 1.00 e. The number of nitrogen functional groups attached to an aromatic ring is 1. The van der Waals surface area contributed by atoms with Gasteiger partial charge in [0.25, 0.3) is 0 Å². The molecule has 0 aliphatic heterocycles. The van der Waals surface area contributed by atoms with Gasteiger partial charge >= 0.3 is 29.6 Å². The molecule has 0 saturated carbocycles. The Bertz CT molecular complexity index is 402. The Morgan fingerprint density at radius 2 is 1.92 bits per heavy atom. The van der Waals surface area contributed by atoms with Crippen molar-refractivity contribution in [3.63, 3.8) is 0 Å². The summed E-state index contributed by atoms with van der Waals surface area (Å²) in [4.78, 5) is -0.354. The molecule has 0 aliphatic carbocycles. The van der Waals surface area contributed by atoms with Crippen LogP contribution in [0.4, 0.5) is 5.69 Å². The fourth-order valence-corrected chi connectivity index (χ4v) is 1.48. The van der Waals surface area contributed by atoms with Gasteiger partial charge in [-0.3, -0.25) is 0 Å². The molecule has 6 heteroatoms. The first-order chi connectivity index (χ1) is 5.41. The fraction of sp³-hybridized carbons (Fsp3) is 0.143. The molecule has 0 radical (unpaired) electrons. The monoisotopic (exact) mass is 209 g/mol. The van der Waals surface area contributed by atoms with E-state index in [1.807, 2.05) is 0 Å². The minimum atomic E-state index is -4.43. The van der Waals surface area contributed by atoms with Gasteiger partial charge in [-0.2, -0.15) is 0 Å². The third kappa shape index (κ3) is 3.28. The molecule has 0 heterocycles. The van der Waals surface area contributed by atoms with E-state index in [0.717, 1.165) is 5.56 Å². The molecule has 66 valence electrons. The number of rotatable bonds is 1. The van der Waals surface area contributed by atoms with Crippen LogP contribution in [-0.4, -0.2) is 13.0 Å². The SMILES string of the molecule is Cc1ccc(S(=O)(=O)[O-])c(N)c1.[Na+]. The molecule has 1 rings (SSSR count). The van der Waals surface area contributed by atoms with Crippen molar-refractivity contribution in [2.75, 3.05) is 5.73 Å². The Morgan fingerprint density at radius 1 is 1.38 bits per heavy atom. The van der Waals surface area contributed by atoms with Crippen LogP contribution in [0.1, 0.15) is 5.56 Å². The van der Waals surface area contributed by atoms with E-state index in [2.05, 4.69) is 0 Å². The van der Waals surface area contributed by atoms with E-state index in [9.17, 15) is 13.0 Å². The maximum atomic E-state index is 10.5. The molecule has 1 aromatic carbocycles. The molecule has 0 amide bonds. The minimum absolute atomic E-state index is 0. The first-order valence-electron chi connectivity index (χ1n) is 3.23. The van der Waals surface area contributed by atoms with Crippen molar-refractivity contribution in [3.8, 4) is 0 Å². The van der Waals surface area contributed by atoms with Crippen LogP contribution in [-0.2, 0) is 10.1 Å². The van der Waals surface area contributed by atoms with E-state index >= 15 is 0 Å². The first-order valence-corrected chi connectivity index (χ1v) is 4.64. The second-order valence-electron chi connectivity index (χ2n) is 2.50. The minimum Gasteiger partial charge on any atom is -0.744 e. The smallest absolute Gasteiger partial charge is 0.744 e. The van der Waals surface area contributed by atoms with Gasteiger partial charge in [-0.15, -0.1) is 0 Å². The second-order valence-corrected chi connectivity index (χ2v) is 3.84. The molecule has 0 unspecified atom stereocenters. The zero-order valence-electron chi connectivity index (χ0n) is 7.44. The summed E-state index contributed by atoms with van der Waals surface area (Å²) in [7, 11) is -4.43. The van der Waals surface area contributed by atoms with E-state index in [1.54, 1.807) is 6.92 Å². The van der Waals surface area contributed by atoms with Crippen molar-refractivity contribution >= 4 is 15.8 Å². The van der Waals surface area contributed by atoms with Crippen LogP contribution in [0, 0.1) is 6.92 Å². The fourth-order valence-electron chi connectivity index (χ4n) is 0.896. The van der Waals surface area contributed by atoms with E-state index in [-0.39, 0.29) is 40.1 Å². The summed E-state index contributed by atoms with van der Waals surface area (Å²) in [6, 6.07) is 4.19. The summed E-state index contributed by atoms with van der Waals surface area (Å²) in [5.74, 6) is 0. The number of anilines is 1. The summed E-state index contributed by atoms with van der Waals surface area (Å²) >= 11 is 0. The van der Waals surface area contributed by atoms with Gasteiger partial charge in [-0.05, 0) is 24.6 Å². The molecule has 0 aliphatic rings. The van der Waals surface area contributed by atoms with Crippen LogP contribution < -0.4 is 35.3 Å². The Labute approximate surface area is 99.2 Å². The molecular weight excluding hydrogens is 201 g/mol. The molecule has 13 heavy (non-hydrogen) atoms. The summed E-state index contributed by atoms with van der Waals surface area (Å²) in [6.07, 6.45) is 0. The molecule has 0 bridgehead atoms. The molecule has 0 saturated heterocycles. The van der Waals surface area contributed by atoms with E-state index in [0.29, 0.717) is 0 Å². The van der Waals surface area contributed by atoms with Crippen molar-refractivity contribution in [2.24, 2.45) is 0 Å². The quantitative estimate of drug-likeness (QED) is 0.314. The van der Waals surface area contributed by atoms with Gasteiger partial charge in [-0.25, -0.2) is 8.42 Å². The maximum Gasteiger partial charge on any atom is 1.00 e. The zero-order chi connectivity index (χ0) is 9.35. The third-order valence-corrected chi connectivity index (χ3v) is 2.35. The van der Waals surface area contributed by atoms with Crippen LogP contribution in [0.25, 0.3) is 0 Å². The van der Waals surface area contributed by atoms with Crippen LogP contribution in [0.3, 0.4) is 0 Å². The number of aryl methyl sites for hydroxylation is 1. The molecule has 0 aromatic heterocycles. The summed E-state index contributed by atoms with van der Waals surface area (Å²) < 4.78 is 31.6. The number of benzene rings is 1. The van der Waals surface area contributed by atoms with E-state index in [1.165, 1.54) is 18.2 Å². The van der Waals surface area contributed by atoms with Gasteiger partial charge in [0.2, 0.25) is 0 Å². The van der Waals surface area contributed by atoms with Crippen molar-refractivity contribution in [1.29, 1.82) is 0 Å². The average molecular weight is 209 g/mol. The normalized spacial score (nSPS) is 10.6. The first kappa shape index (κ1) is 12.9. The second kappa shape index (κ2) is 4.43. The topological polar surface area (TPSA) is 83.2 Å². The maximum absolute atomic E-state index is 10.5. The number of hydrogen-bond acceptors (Lipinski definition) is 4. The molecule has 0 atom stereocenters. The van der Waals surface area contributed by atoms with Crippen molar-refractivity contribution in [3.05, 3.63) is 23.8 Å². The van der Waals surface area contributed by atoms with Crippen molar-refractivity contribution < 1.29 is 42.5 Å². The van der Waals surface area contributed by atoms with Gasteiger partial charge < -0.3 is 10.3 Å².